The molecule has 0 amide bonds. The van der Waals surface area contributed by atoms with Gasteiger partial charge in [0, 0.05) is 13.1 Å². The number of hydrogen-bond donors (Lipinski definition) is 0. The summed E-state index contributed by atoms with van der Waals surface area (Å²) < 4.78 is 46.1. The monoisotopic (exact) mass is 407 g/mol. The van der Waals surface area contributed by atoms with E-state index in [1.807, 2.05) is 17.5 Å². The van der Waals surface area contributed by atoms with Gasteiger partial charge in [-0.1, -0.05) is 18.2 Å². The minimum Gasteiger partial charge on any atom is -0.420 e. The summed E-state index contributed by atoms with van der Waals surface area (Å²) in [4.78, 5) is 0.889. The maximum Gasteiger partial charge on any atom is 0.257 e. The van der Waals surface area contributed by atoms with Gasteiger partial charge in [0.25, 0.3) is 5.89 Å². The topological polar surface area (TPSA) is 76.3 Å². The predicted molar refractivity (Wildman–Crippen MR) is 100 cm³/mol. The number of rotatable bonds is 5. The first-order valence-electron chi connectivity index (χ1n) is 8.61. The number of thiophene rings is 1. The third-order valence-electron chi connectivity index (χ3n) is 4.54. The highest BCUT2D eigenvalue weighted by atomic mass is 32.2. The molecule has 0 bridgehead atoms. The molecule has 1 aliphatic rings. The molecule has 1 aliphatic heterocycles. The second-order valence-corrected chi connectivity index (χ2v) is 9.42. The van der Waals surface area contributed by atoms with Gasteiger partial charge in [-0.3, -0.25) is 0 Å². The lowest BCUT2D eigenvalue weighted by molar-refractivity contribution is 0.286. The van der Waals surface area contributed by atoms with Gasteiger partial charge in [0.1, 0.15) is 5.82 Å². The Bertz CT molecular complexity index is 1020. The largest absolute Gasteiger partial charge is 0.420 e. The number of hydrogen-bond acceptors (Lipinski definition) is 6. The molecule has 0 unspecified atom stereocenters. The Morgan fingerprint density at radius 3 is 2.93 bits per heavy atom. The van der Waals surface area contributed by atoms with Crippen molar-refractivity contribution in [3.8, 4) is 10.8 Å². The van der Waals surface area contributed by atoms with Crippen LogP contribution in [0, 0.1) is 5.82 Å². The van der Waals surface area contributed by atoms with Crippen molar-refractivity contribution in [1.82, 2.24) is 14.5 Å². The van der Waals surface area contributed by atoms with Crippen LogP contribution in [-0.2, 0) is 15.8 Å². The standard InChI is InChI=1S/C18H18FN3O3S2/c19-15-6-1-4-13(10-15)12-27(23,24)22-8-2-5-14(11-22)17-20-21-18(25-17)16-7-3-9-26-16/h1,3-4,6-7,9-10,14H,2,5,8,11-12H2/t14-/m0/s1. The fourth-order valence-corrected chi connectivity index (χ4v) is 5.47. The van der Waals surface area contributed by atoms with Gasteiger partial charge in [-0.2, -0.15) is 0 Å². The van der Waals surface area contributed by atoms with Crippen LogP contribution < -0.4 is 0 Å². The van der Waals surface area contributed by atoms with Crippen LogP contribution in [0.25, 0.3) is 10.8 Å². The van der Waals surface area contributed by atoms with E-state index in [-0.39, 0.29) is 11.7 Å². The summed E-state index contributed by atoms with van der Waals surface area (Å²) in [5.41, 5.74) is 0.440. The van der Waals surface area contributed by atoms with E-state index in [4.69, 9.17) is 4.42 Å². The molecule has 0 N–H and O–H groups in total. The van der Waals surface area contributed by atoms with E-state index in [9.17, 15) is 12.8 Å². The van der Waals surface area contributed by atoms with E-state index in [0.29, 0.717) is 36.9 Å². The van der Waals surface area contributed by atoms with Crippen molar-refractivity contribution in [2.24, 2.45) is 0 Å². The summed E-state index contributed by atoms with van der Waals surface area (Å²) in [6.07, 6.45) is 1.50. The van der Waals surface area contributed by atoms with Crippen LogP contribution in [0.3, 0.4) is 0 Å². The van der Waals surface area contributed by atoms with E-state index >= 15 is 0 Å². The zero-order valence-electron chi connectivity index (χ0n) is 14.4. The van der Waals surface area contributed by atoms with E-state index in [2.05, 4.69) is 10.2 Å². The van der Waals surface area contributed by atoms with E-state index in [1.165, 1.54) is 33.8 Å². The third-order valence-corrected chi connectivity index (χ3v) is 7.21. The van der Waals surface area contributed by atoms with Gasteiger partial charge in [0.15, 0.2) is 0 Å². The minimum absolute atomic E-state index is 0.137. The first-order valence-corrected chi connectivity index (χ1v) is 11.1. The van der Waals surface area contributed by atoms with Crippen LogP contribution in [0.5, 0.6) is 0 Å². The molecule has 0 spiro atoms. The van der Waals surface area contributed by atoms with Gasteiger partial charge < -0.3 is 4.42 Å². The molecule has 142 valence electrons. The Morgan fingerprint density at radius 2 is 2.15 bits per heavy atom. The van der Waals surface area contributed by atoms with Crippen LogP contribution in [0.15, 0.2) is 46.2 Å². The summed E-state index contributed by atoms with van der Waals surface area (Å²) in [7, 11) is -3.55. The van der Waals surface area contributed by atoms with Gasteiger partial charge in [-0.15, -0.1) is 21.5 Å². The average molecular weight is 407 g/mol. The molecule has 9 heteroatoms. The molecule has 1 saturated heterocycles. The first kappa shape index (κ1) is 18.3. The van der Waals surface area contributed by atoms with Crippen LogP contribution in [0.1, 0.15) is 30.2 Å². The van der Waals surface area contributed by atoms with E-state index in [1.54, 1.807) is 6.07 Å². The Balaban J connectivity index is 1.49. The molecule has 2 aromatic heterocycles. The molecule has 1 aromatic carbocycles. The molecule has 27 heavy (non-hydrogen) atoms. The number of halogens is 1. The highest BCUT2D eigenvalue weighted by molar-refractivity contribution is 7.88. The first-order chi connectivity index (χ1) is 13.0. The zero-order valence-corrected chi connectivity index (χ0v) is 16.0. The average Bonchev–Trinajstić information content (AvgIpc) is 3.33. The molecule has 3 aromatic rings. The van der Waals surface area contributed by atoms with Crippen molar-refractivity contribution >= 4 is 21.4 Å². The minimum atomic E-state index is -3.55. The number of nitrogens with zero attached hydrogens (tertiary/aromatic N) is 3. The maximum atomic E-state index is 13.4. The van der Waals surface area contributed by atoms with Gasteiger partial charge in [-0.25, -0.2) is 17.1 Å². The van der Waals surface area contributed by atoms with E-state index < -0.39 is 15.8 Å². The molecular weight excluding hydrogens is 389 g/mol. The number of aromatic nitrogens is 2. The Kier molecular flexibility index (Phi) is 5.07. The van der Waals surface area contributed by atoms with Gasteiger partial charge in [0.2, 0.25) is 15.9 Å². The molecule has 1 fully saturated rings. The lowest BCUT2D eigenvalue weighted by Gasteiger charge is -2.30. The zero-order chi connectivity index (χ0) is 18.9. The second kappa shape index (κ2) is 7.49. The van der Waals surface area contributed by atoms with Gasteiger partial charge in [0.05, 0.1) is 16.5 Å². The van der Waals surface area contributed by atoms with Gasteiger partial charge >= 0.3 is 0 Å². The third kappa shape index (κ3) is 4.10. The smallest absolute Gasteiger partial charge is 0.257 e. The molecule has 1 atom stereocenters. The second-order valence-electron chi connectivity index (χ2n) is 6.51. The normalized spacial score (nSPS) is 18.6. The quantitative estimate of drug-likeness (QED) is 0.645. The van der Waals surface area contributed by atoms with Crippen molar-refractivity contribution in [3.63, 3.8) is 0 Å². The van der Waals surface area contributed by atoms with Gasteiger partial charge in [-0.05, 0) is 42.0 Å². The van der Waals surface area contributed by atoms with Crippen LogP contribution in [0.2, 0.25) is 0 Å². The fraction of sp³-hybridized carbons (Fsp3) is 0.333. The summed E-state index contributed by atoms with van der Waals surface area (Å²) >= 11 is 1.51. The Morgan fingerprint density at radius 1 is 1.26 bits per heavy atom. The number of piperidine rings is 1. The molecule has 3 heterocycles. The maximum absolute atomic E-state index is 13.4. The Labute approximate surface area is 160 Å². The molecule has 4 rings (SSSR count). The highest BCUT2D eigenvalue weighted by Gasteiger charge is 2.32. The van der Waals surface area contributed by atoms with Crippen molar-refractivity contribution < 1.29 is 17.2 Å². The molecule has 0 radical (unpaired) electrons. The molecule has 0 aliphatic carbocycles. The van der Waals surface area contributed by atoms with Crippen molar-refractivity contribution in [3.05, 3.63) is 59.0 Å². The lowest BCUT2D eigenvalue weighted by atomic mass is 10.00. The predicted octanol–water partition coefficient (Wildman–Crippen LogP) is 3.65. The van der Waals surface area contributed by atoms with Crippen LogP contribution in [0.4, 0.5) is 4.39 Å². The highest BCUT2D eigenvalue weighted by Crippen LogP contribution is 2.31. The fourth-order valence-electron chi connectivity index (χ4n) is 3.22. The summed E-state index contributed by atoms with van der Waals surface area (Å²) in [6.45, 7) is 0.740. The molecule has 0 saturated carbocycles. The molecule has 6 nitrogen and oxygen atoms in total. The number of sulfonamides is 1. The van der Waals surface area contributed by atoms with Crippen molar-refractivity contribution in [1.29, 1.82) is 0 Å². The summed E-state index contributed by atoms with van der Waals surface area (Å²) in [5.74, 6) is 0.124. The summed E-state index contributed by atoms with van der Waals surface area (Å²) in [5, 5.41) is 10.1. The number of benzene rings is 1. The molecular formula is C18H18FN3O3S2. The summed E-state index contributed by atoms with van der Waals surface area (Å²) in [6, 6.07) is 9.50. The van der Waals surface area contributed by atoms with E-state index in [0.717, 1.165) is 11.3 Å². The SMILES string of the molecule is O=S(=O)(Cc1cccc(F)c1)N1CCC[C@H](c2nnc(-c3cccs3)o2)C1. The van der Waals surface area contributed by atoms with Crippen LogP contribution >= 0.6 is 11.3 Å². The van der Waals surface area contributed by atoms with Crippen molar-refractivity contribution in [2.75, 3.05) is 13.1 Å². The Hall–Kier alpha value is -2.10. The van der Waals surface area contributed by atoms with Crippen molar-refractivity contribution in [2.45, 2.75) is 24.5 Å². The van der Waals surface area contributed by atoms with Crippen LogP contribution in [-0.4, -0.2) is 36.0 Å². The lowest BCUT2D eigenvalue weighted by Crippen LogP contribution is -2.39.